The Balaban J connectivity index is 1.56. The lowest BCUT2D eigenvalue weighted by atomic mass is 9.85. The summed E-state index contributed by atoms with van der Waals surface area (Å²) in [4.78, 5) is 15.1. The second-order valence-corrected chi connectivity index (χ2v) is 8.07. The highest BCUT2D eigenvalue weighted by atomic mass is 32.2. The van der Waals surface area contributed by atoms with Crippen LogP contribution < -0.4 is 11.1 Å². The molecule has 2 aliphatic heterocycles. The highest BCUT2D eigenvalue weighted by molar-refractivity contribution is 7.99. The Morgan fingerprint density at radius 3 is 2.86 bits per heavy atom. The van der Waals surface area contributed by atoms with E-state index in [0.717, 1.165) is 64.3 Å². The molecular formula is C16H29N3O2S. The van der Waals surface area contributed by atoms with E-state index in [1.165, 1.54) is 12.2 Å². The zero-order valence-corrected chi connectivity index (χ0v) is 14.2. The van der Waals surface area contributed by atoms with E-state index in [1.54, 1.807) is 0 Å². The average molecular weight is 327 g/mol. The van der Waals surface area contributed by atoms with Gasteiger partial charge in [0, 0.05) is 42.9 Å². The Bertz CT molecular complexity index is 382. The van der Waals surface area contributed by atoms with Crippen LogP contribution >= 0.6 is 11.8 Å². The zero-order valence-electron chi connectivity index (χ0n) is 13.4. The monoisotopic (exact) mass is 327 g/mol. The van der Waals surface area contributed by atoms with Crippen LogP contribution in [0, 0.1) is 5.92 Å². The van der Waals surface area contributed by atoms with Gasteiger partial charge >= 0.3 is 0 Å². The van der Waals surface area contributed by atoms with E-state index in [1.807, 2.05) is 11.8 Å². The first-order valence-electron chi connectivity index (χ1n) is 8.63. The molecule has 0 aromatic heterocycles. The standard InChI is InChI=1S/C16H29N3O2S/c17-14-3-1-2-13(10-14)15(20)18-11-16(4-9-22-12-16)19-5-7-21-8-6-19/h13-14H,1-12,17H2,(H,18,20). The van der Waals surface area contributed by atoms with Gasteiger partial charge in [0.1, 0.15) is 0 Å². The molecule has 0 spiro atoms. The van der Waals surface area contributed by atoms with Gasteiger partial charge in [-0.3, -0.25) is 9.69 Å². The number of carbonyl (C=O) groups is 1. The van der Waals surface area contributed by atoms with Crippen molar-refractivity contribution in [1.82, 2.24) is 10.2 Å². The Labute approximate surface area is 137 Å². The highest BCUT2D eigenvalue weighted by Crippen LogP contribution is 2.34. The van der Waals surface area contributed by atoms with E-state index in [2.05, 4.69) is 10.2 Å². The largest absolute Gasteiger partial charge is 0.379 e. The summed E-state index contributed by atoms with van der Waals surface area (Å²) < 4.78 is 5.49. The molecule has 0 bridgehead atoms. The molecule has 0 aromatic rings. The van der Waals surface area contributed by atoms with Crippen LogP contribution in [-0.2, 0) is 9.53 Å². The molecule has 1 saturated carbocycles. The number of hydrogen-bond acceptors (Lipinski definition) is 5. The van der Waals surface area contributed by atoms with Crippen molar-refractivity contribution in [3.05, 3.63) is 0 Å². The van der Waals surface area contributed by atoms with Crippen LogP contribution in [0.2, 0.25) is 0 Å². The molecule has 1 aliphatic carbocycles. The van der Waals surface area contributed by atoms with E-state index >= 15 is 0 Å². The van der Waals surface area contributed by atoms with Crippen LogP contribution in [0.5, 0.6) is 0 Å². The topological polar surface area (TPSA) is 67.6 Å². The number of carbonyl (C=O) groups excluding carboxylic acids is 1. The Kier molecular flexibility index (Phi) is 5.65. The van der Waals surface area contributed by atoms with Crippen molar-refractivity contribution < 1.29 is 9.53 Å². The molecule has 6 heteroatoms. The van der Waals surface area contributed by atoms with Gasteiger partial charge in [-0.05, 0) is 31.4 Å². The molecule has 3 rings (SSSR count). The van der Waals surface area contributed by atoms with Crippen molar-refractivity contribution >= 4 is 17.7 Å². The molecule has 3 N–H and O–H groups in total. The molecule has 3 unspecified atom stereocenters. The number of nitrogens with zero attached hydrogens (tertiary/aromatic N) is 1. The zero-order chi connectivity index (χ0) is 15.4. The van der Waals surface area contributed by atoms with E-state index in [9.17, 15) is 4.79 Å². The van der Waals surface area contributed by atoms with E-state index in [4.69, 9.17) is 10.5 Å². The molecule has 22 heavy (non-hydrogen) atoms. The number of hydrogen-bond donors (Lipinski definition) is 2. The summed E-state index contributed by atoms with van der Waals surface area (Å²) in [6.07, 6.45) is 5.17. The van der Waals surface area contributed by atoms with Gasteiger partial charge in [0.25, 0.3) is 0 Å². The molecule has 126 valence electrons. The predicted molar refractivity (Wildman–Crippen MR) is 90.0 cm³/mol. The normalized spacial score (nSPS) is 37.1. The third-order valence-corrected chi connectivity index (χ3v) is 6.68. The molecule has 3 atom stereocenters. The molecule has 2 heterocycles. The van der Waals surface area contributed by atoms with Crippen LogP contribution in [0.3, 0.4) is 0 Å². The van der Waals surface area contributed by atoms with E-state index in [0.29, 0.717) is 0 Å². The van der Waals surface area contributed by atoms with Crippen molar-refractivity contribution in [2.24, 2.45) is 11.7 Å². The van der Waals surface area contributed by atoms with Crippen molar-refractivity contribution in [2.75, 3.05) is 44.4 Å². The van der Waals surface area contributed by atoms with Crippen molar-refractivity contribution in [1.29, 1.82) is 0 Å². The number of ether oxygens (including phenoxy) is 1. The van der Waals surface area contributed by atoms with Gasteiger partial charge in [-0.15, -0.1) is 0 Å². The lowest BCUT2D eigenvalue weighted by Gasteiger charge is -2.43. The van der Waals surface area contributed by atoms with Gasteiger partial charge in [-0.2, -0.15) is 11.8 Å². The third kappa shape index (κ3) is 3.78. The quantitative estimate of drug-likeness (QED) is 0.800. The van der Waals surface area contributed by atoms with Crippen LogP contribution in [0.4, 0.5) is 0 Å². The number of thioether (sulfide) groups is 1. The number of nitrogens with one attached hydrogen (secondary N) is 1. The van der Waals surface area contributed by atoms with Crippen LogP contribution in [-0.4, -0.2) is 66.7 Å². The fourth-order valence-electron chi connectivity index (χ4n) is 4.00. The van der Waals surface area contributed by atoms with Gasteiger partial charge < -0.3 is 15.8 Å². The molecule has 5 nitrogen and oxygen atoms in total. The SMILES string of the molecule is NC1CCCC(C(=O)NCC2(N3CCOCC3)CCSC2)C1. The number of morpholine rings is 1. The van der Waals surface area contributed by atoms with Gasteiger partial charge in [0.05, 0.1) is 13.2 Å². The average Bonchev–Trinajstić information content (AvgIpc) is 3.04. The summed E-state index contributed by atoms with van der Waals surface area (Å²) in [6, 6.07) is 0.208. The molecule has 0 radical (unpaired) electrons. The first kappa shape index (κ1) is 16.6. The molecule has 1 amide bonds. The Morgan fingerprint density at radius 1 is 1.36 bits per heavy atom. The lowest BCUT2D eigenvalue weighted by molar-refractivity contribution is -0.127. The van der Waals surface area contributed by atoms with E-state index < -0.39 is 0 Å². The number of amides is 1. The summed E-state index contributed by atoms with van der Waals surface area (Å²) in [6.45, 7) is 4.40. The van der Waals surface area contributed by atoms with Gasteiger partial charge in [0.2, 0.25) is 5.91 Å². The second kappa shape index (κ2) is 7.51. The maximum Gasteiger partial charge on any atom is 0.223 e. The summed E-state index contributed by atoms with van der Waals surface area (Å²) in [5.41, 5.74) is 6.16. The van der Waals surface area contributed by atoms with Crippen LogP contribution in [0.15, 0.2) is 0 Å². The molecule has 3 aliphatic rings. The van der Waals surface area contributed by atoms with Crippen molar-refractivity contribution in [3.63, 3.8) is 0 Å². The van der Waals surface area contributed by atoms with E-state index in [-0.39, 0.29) is 23.4 Å². The predicted octanol–water partition coefficient (Wildman–Crippen LogP) is 0.828. The number of rotatable bonds is 4. The molecular weight excluding hydrogens is 298 g/mol. The first-order valence-corrected chi connectivity index (χ1v) is 9.79. The minimum Gasteiger partial charge on any atom is -0.379 e. The van der Waals surface area contributed by atoms with Gasteiger partial charge in [0.15, 0.2) is 0 Å². The van der Waals surface area contributed by atoms with Crippen LogP contribution in [0.25, 0.3) is 0 Å². The van der Waals surface area contributed by atoms with Crippen molar-refractivity contribution in [3.8, 4) is 0 Å². The minimum atomic E-state index is 0.125. The number of nitrogens with two attached hydrogens (primary N) is 1. The summed E-state index contributed by atoms with van der Waals surface area (Å²) in [7, 11) is 0. The Morgan fingerprint density at radius 2 is 2.18 bits per heavy atom. The Hall–Kier alpha value is -0.300. The maximum atomic E-state index is 12.5. The summed E-state index contributed by atoms with van der Waals surface area (Å²) >= 11 is 2.01. The summed E-state index contributed by atoms with van der Waals surface area (Å²) in [5, 5.41) is 3.26. The van der Waals surface area contributed by atoms with Gasteiger partial charge in [-0.25, -0.2) is 0 Å². The van der Waals surface area contributed by atoms with Crippen molar-refractivity contribution in [2.45, 2.75) is 43.7 Å². The minimum absolute atomic E-state index is 0.125. The van der Waals surface area contributed by atoms with Crippen LogP contribution in [0.1, 0.15) is 32.1 Å². The molecule has 0 aromatic carbocycles. The summed E-state index contributed by atoms with van der Waals surface area (Å²) in [5.74, 6) is 2.66. The third-order valence-electron chi connectivity index (χ3n) is 5.44. The highest BCUT2D eigenvalue weighted by Gasteiger charge is 2.41. The molecule has 2 saturated heterocycles. The molecule has 3 fully saturated rings. The fourth-order valence-corrected chi connectivity index (χ4v) is 5.47. The maximum absolute atomic E-state index is 12.5. The van der Waals surface area contributed by atoms with Gasteiger partial charge in [-0.1, -0.05) is 6.42 Å². The lowest BCUT2D eigenvalue weighted by Crippen LogP contribution is -2.59. The first-order chi connectivity index (χ1) is 10.7. The fraction of sp³-hybridized carbons (Fsp3) is 0.938. The second-order valence-electron chi connectivity index (χ2n) is 6.97. The smallest absolute Gasteiger partial charge is 0.223 e.